The molecule has 12 heavy (non-hydrogen) atoms. The molecule has 70 valence electrons. The number of rotatable bonds is 2. The van der Waals surface area contributed by atoms with Crippen LogP contribution in [0, 0.1) is 0 Å². The Balaban J connectivity index is 2.35. The number of hydrogen-bond acceptors (Lipinski definition) is 3. The zero-order chi connectivity index (χ0) is 8.97. The Morgan fingerprint density at radius 1 is 1.75 bits per heavy atom. The minimum Gasteiger partial charge on any atom is -0.340 e. The van der Waals surface area contributed by atoms with Gasteiger partial charge in [0.05, 0.1) is 5.75 Å². The highest BCUT2D eigenvalue weighted by Gasteiger charge is 2.20. The van der Waals surface area contributed by atoms with Crippen LogP contribution in [0.15, 0.2) is 0 Å². The SMILES string of the molecule is CSCC(=O)N1CCSC(C)C1. The van der Waals surface area contributed by atoms with Crippen molar-refractivity contribution in [1.29, 1.82) is 0 Å². The predicted octanol–water partition coefficient (Wildman–Crippen LogP) is 1.31. The summed E-state index contributed by atoms with van der Waals surface area (Å²) in [6.45, 7) is 4.06. The predicted molar refractivity (Wildman–Crippen MR) is 56.9 cm³/mol. The number of hydrogen-bond donors (Lipinski definition) is 0. The smallest absolute Gasteiger partial charge is 0.232 e. The quantitative estimate of drug-likeness (QED) is 0.678. The van der Waals surface area contributed by atoms with Crippen molar-refractivity contribution in [1.82, 2.24) is 4.90 Å². The monoisotopic (exact) mass is 205 g/mol. The van der Waals surface area contributed by atoms with Gasteiger partial charge in [-0.3, -0.25) is 4.79 Å². The number of carbonyl (C=O) groups is 1. The van der Waals surface area contributed by atoms with Crippen LogP contribution in [0.3, 0.4) is 0 Å². The van der Waals surface area contributed by atoms with Crippen LogP contribution in [0.2, 0.25) is 0 Å². The van der Waals surface area contributed by atoms with E-state index in [9.17, 15) is 4.79 Å². The number of thioether (sulfide) groups is 2. The Labute approximate surface area is 82.5 Å². The first-order valence-corrected chi connectivity index (χ1v) is 6.56. The molecule has 1 unspecified atom stereocenters. The summed E-state index contributed by atoms with van der Waals surface area (Å²) in [5, 5.41) is 0.615. The summed E-state index contributed by atoms with van der Waals surface area (Å²) >= 11 is 3.56. The average molecular weight is 205 g/mol. The van der Waals surface area contributed by atoms with Crippen LogP contribution in [-0.2, 0) is 4.79 Å². The second-order valence-corrected chi connectivity index (χ2v) is 5.37. The molecular weight excluding hydrogens is 190 g/mol. The summed E-state index contributed by atoms with van der Waals surface area (Å²) in [4.78, 5) is 13.4. The molecule has 4 heteroatoms. The molecule has 1 aliphatic heterocycles. The van der Waals surface area contributed by atoms with Gasteiger partial charge in [0, 0.05) is 24.1 Å². The fourth-order valence-electron chi connectivity index (χ4n) is 1.26. The maximum Gasteiger partial charge on any atom is 0.232 e. The van der Waals surface area contributed by atoms with Gasteiger partial charge in [0.15, 0.2) is 0 Å². The molecule has 0 N–H and O–H groups in total. The van der Waals surface area contributed by atoms with Crippen LogP contribution in [0.25, 0.3) is 0 Å². The Morgan fingerprint density at radius 3 is 3.08 bits per heavy atom. The third-order valence-corrected chi connectivity index (χ3v) is 3.53. The summed E-state index contributed by atoms with van der Waals surface area (Å²) in [5.74, 6) is 2.04. The molecule has 1 saturated heterocycles. The highest BCUT2D eigenvalue weighted by Crippen LogP contribution is 2.18. The van der Waals surface area contributed by atoms with Crippen LogP contribution in [0.5, 0.6) is 0 Å². The van der Waals surface area contributed by atoms with E-state index in [-0.39, 0.29) is 0 Å². The van der Waals surface area contributed by atoms with E-state index < -0.39 is 0 Å². The molecular formula is C8H15NOS2. The fraction of sp³-hybridized carbons (Fsp3) is 0.875. The summed E-state index contributed by atoms with van der Waals surface area (Å²) in [7, 11) is 0. The molecule has 1 aliphatic rings. The molecule has 0 aliphatic carbocycles. The molecule has 1 rings (SSSR count). The largest absolute Gasteiger partial charge is 0.340 e. The van der Waals surface area contributed by atoms with E-state index in [2.05, 4.69) is 6.92 Å². The number of amides is 1. The van der Waals surface area contributed by atoms with E-state index in [1.807, 2.05) is 22.9 Å². The van der Waals surface area contributed by atoms with Crippen LogP contribution in [0.4, 0.5) is 0 Å². The standard InChI is InChI=1S/C8H15NOS2/c1-7-5-9(3-4-12-7)8(10)6-11-2/h7H,3-6H2,1-2H3. The summed E-state index contributed by atoms with van der Waals surface area (Å²) in [6, 6.07) is 0. The topological polar surface area (TPSA) is 20.3 Å². The van der Waals surface area contributed by atoms with E-state index in [1.54, 1.807) is 11.8 Å². The molecule has 0 saturated carbocycles. The lowest BCUT2D eigenvalue weighted by Crippen LogP contribution is -2.41. The van der Waals surface area contributed by atoms with Gasteiger partial charge in [-0.05, 0) is 6.26 Å². The first kappa shape index (κ1) is 10.3. The summed E-state index contributed by atoms with van der Waals surface area (Å²) in [5.41, 5.74) is 0. The van der Waals surface area contributed by atoms with Crippen molar-refractivity contribution in [2.24, 2.45) is 0 Å². The second kappa shape index (κ2) is 5.02. The minimum absolute atomic E-state index is 0.301. The third-order valence-electron chi connectivity index (χ3n) is 1.86. The summed E-state index contributed by atoms with van der Waals surface area (Å²) < 4.78 is 0. The van der Waals surface area contributed by atoms with Gasteiger partial charge in [-0.25, -0.2) is 0 Å². The molecule has 1 atom stereocenters. The van der Waals surface area contributed by atoms with Gasteiger partial charge in [-0.2, -0.15) is 23.5 Å². The Kier molecular flexibility index (Phi) is 4.29. The van der Waals surface area contributed by atoms with Gasteiger partial charge < -0.3 is 4.90 Å². The first-order chi connectivity index (χ1) is 5.74. The molecule has 1 fully saturated rings. The van der Waals surface area contributed by atoms with Crippen LogP contribution in [-0.4, -0.2) is 46.9 Å². The molecule has 1 heterocycles. The lowest BCUT2D eigenvalue weighted by atomic mass is 10.4. The van der Waals surface area contributed by atoms with E-state index in [4.69, 9.17) is 0 Å². The van der Waals surface area contributed by atoms with Crippen molar-refractivity contribution >= 4 is 29.4 Å². The van der Waals surface area contributed by atoms with Crippen molar-refractivity contribution in [2.75, 3.05) is 30.9 Å². The molecule has 0 aromatic carbocycles. The highest BCUT2D eigenvalue weighted by atomic mass is 32.2. The Hall–Kier alpha value is 0.170. The zero-order valence-electron chi connectivity index (χ0n) is 7.58. The summed E-state index contributed by atoms with van der Waals surface area (Å²) in [6.07, 6.45) is 1.97. The minimum atomic E-state index is 0.301. The molecule has 2 nitrogen and oxygen atoms in total. The van der Waals surface area contributed by atoms with E-state index >= 15 is 0 Å². The lowest BCUT2D eigenvalue weighted by Gasteiger charge is -2.30. The van der Waals surface area contributed by atoms with Crippen LogP contribution < -0.4 is 0 Å². The van der Waals surface area contributed by atoms with Gasteiger partial charge in [0.2, 0.25) is 5.91 Å². The van der Waals surface area contributed by atoms with Gasteiger partial charge in [-0.1, -0.05) is 6.92 Å². The molecule has 0 aromatic rings. The Bertz CT molecular complexity index is 163. The lowest BCUT2D eigenvalue weighted by molar-refractivity contribution is -0.128. The van der Waals surface area contributed by atoms with Crippen LogP contribution >= 0.6 is 23.5 Å². The number of carbonyl (C=O) groups excluding carboxylic acids is 1. The van der Waals surface area contributed by atoms with Crippen LogP contribution in [0.1, 0.15) is 6.92 Å². The molecule has 0 aromatic heterocycles. The van der Waals surface area contributed by atoms with Crippen molar-refractivity contribution < 1.29 is 4.79 Å². The molecule has 0 spiro atoms. The second-order valence-electron chi connectivity index (χ2n) is 2.95. The maximum absolute atomic E-state index is 11.4. The van der Waals surface area contributed by atoms with Crippen molar-refractivity contribution in [3.05, 3.63) is 0 Å². The zero-order valence-corrected chi connectivity index (χ0v) is 9.21. The molecule has 0 bridgehead atoms. The average Bonchev–Trinajstić information content (AvgIpc) is 2.05. The third kappa shape index (κ3) is 2.90. The molecule has 0 radical (unpaired) electrons. The van der Waals surface area contributed by atoms with Crippen molar-refractivity contribution in [2.45, 2.75) is 12.2 Å². The van der Waals surface area contributed by atoms with E-state index in [0.717, 1.165) is 18.8 Å². The van der Waals surface area contributed by atoms with Gasteiger partial charge >= 0.3 is 0 Å². The fourth-order valence-corrected chi connectivity index (χ4v) is 2.70. The highest BCUT2D eigenvalue weighted by molar-refractivity contribution is 8.00. The molecule has 1 amide bonds. The first-order valence-electron chi connectivity index (χ1n) is 4.12. The van der Waals surface area contributed by atoms with Gasteiger partial charge in [-0.15, -0.1) is 0 Å². The Morgan fingerprint density at radius 2 is 2.50 bits per heavy atom. The van der Waals surface area contributed by atoms with Gasteiger partial charge in [0.25, 0.3) is 0 Å². The normalized spacial score (nSPS) is 24.2. The maximum atomic E-state index is 11.4. The van der Waals surface area contributed by atoms with E-state index in [1.165, 1.54) is 0 Å². The van der Waals surface area contributed by atoms with Gasteiger partial charge in [0.1, 0.15) is 0 Å². The van der Waals surface area contributed by atoms with Crippen molar-refractivity contribution in [3.63, 3.8) is 0 Å². The van der Waals surface area contributed by atoms with Crippen molar-refractivity contribution in [3.8, 4) is 0 Å². The number of nitrogens with zero attached hydrogens (tertiary/aromatic N) is 1. The van der Waals surface area contributed by atoms with E-state index in [0.29, 0.717) is 16.9 Å².